The van der Waals surface area contributed by atoms with E-state index in [1.165, 1.54) is 5.56 Å². The molecule has 4 heteroatoms. The van der Waals surface area contributed by atoms with E-state index < -0.39 is 0 Å². The van der Waals surface area contributed by atoms with Crippen molar-refractivity contribution in [2.45, 2.75) is 18.8 Å². The molecule has 0 unspecified atom stereocenters. The lowest BCUT2D eigenvalue weighted by atomic mass is 9.89. The van der Waals surface area contributed by atoms with Gasteiger partial charge < -0.3 is 15.4 Å². The summed E-state index contributed by atoms with van der Waals surface area (Å²) in [6.45, 7) is 1.47. The van der Waals surface area contributed by atoms with Crippen LogP contribution in [0.5, 0.6) is 5.75 Å². The van der Waals surface area contributed by atoms with Gasteiger partial charge in [-0.2, -0.15) is 0 Å². The third kappa shape index (κ3) is 2.52. The van der Waals surface area contributed by atoms with Gasteiger partial charge in [0.1, 0.15) is 5.75 Å². The molecule has 0 radical (unpaired) electrons. The summed E-state index contributed by atoms with van der Waals surface area (Å²) in [5.74, 6) is 1.40. The number of primary amides is 1. The first kappa shape index (κ1) is 11.8. The highest BCUT2D eigenvalue weighted by Crippen LogP contribution is 2.33. The van der Waals surface area contributed by atoms with Crippen LogP contribution in [0.4, 0.5) is 4.79 Å². The number of hydrogen-bond donors (Lipinski definition) is 1. The largest absolute Gasteiger partial charge is 0.496 e. The van der Waals surface area contributed by atoms with Crippen molar-refractivity contribution < 1.29 is 9.53 Å². The summed E-state index contributed by atoms with van der Waals surface area (Å²) in [5, 5.41) is 0. The molecule has 4 nitrogen and oxygen atoms in total. The molecule has 1 saturated heterocycles. The van der Waals surface area contributed by atoms with E-state index in [9.17, 15) is 4.79 Å². The van der Waals surface area contributed by atoms with Crippen LogP contribution in [0.25, 0.3) is 0 Å². The summed E-state index contributed by atoms with van der Waals surface area (Å²) in [5.41, 5.74) is 6.50. The van der Waals surface area contributed by atoms with Crippen molar-refractivity contribution >= 4 is 6.03 Å². The molecule has 2 rings (SSSR count). The summed E-state index contributed by atoms with van der Waals surface area (Å²) >= 11 is 0. The highest BCUT2D eigenvalue weighted by molar-refractivity contribution is 5.72. The summed E-state index contributed by atoms with van der Waals surface area (Å²) in [4.78, 5) is 12.7. The molecule has 0 aromatic heterocycles. The summed E-state index contributed by atoms with van der Waals surface area (Å²) in [6.07, 6.45) is 1.90. The lowest BCUT2D eigenvalue weighted by Crippen LogP contribution is -2.41. The van der Waals surface area contributed by atoms with Gasteiger partial charge in [0, 0.05) is 13.1 Å². The van der Waals surface area contributed by atoms with Gasteiger partial charge in [-0.3, -0.25) is 0 Å². The average molecular weight is 234 g/mol. The molecule has 2 N–H and O–H groups in total. The molecular weight excluding hydrogens is 216 g/mol. The quantitative estimate of drug-likeness (QED) is 0.850. The van der Waals surface area contributed by atoms with Crippen LogP contribution in [0.3, 0.4) is 0 Å². The Morgan fingerprint density at radius 1 is 1.35 bits per heavy atom. The van der Waals surface area contributed by atoms with E-state index in [-0.39, 0.29) is 6.03 Å². The zero-order valence-electron chi connectivity index (χ0n) is 10.1. The van der Waals surface area contributed by atoms with Gasteiger partial charge in [-0.15, -0.1) is 0 Å². The van der Waals surface area contributed by atoms with Crippen molar-refractivity contribution in [2.24, 2.45) is 5.73 Å². The van der Waals surface area contributed by atoms with Gasteiger partial charge >= 0.3 is 6.03 Å². The second-order valence-electron chi connectivity index (χ2n) is 4.34. The van der Waals surface area contributed by atoms with Crippen molar-refractivity contribution in [1.29, 1.82) is 0 Å². The Morgan fingerprint density at radius 3 is 2.59 bits per heavy atom. The zero-order valence-corrected chi connectivity index (χ0v) is 10.1. The number of nitrogens with two attached hydrogens (primary N) is 1. The molecule has 1 fully saturated rings. The van der Waals surface area contributed by atoms with E-state index in [0.29, 0.717) is 5.92 Å². The molecule has 0 aliphatic carbocycles. The van der Waals surface area contributed by atoms with Crippen LogP contribution >= 0.6 is 0 Å². The van der Waals surface area contributed by atoms with Gasteiger partial charge in [-0.05, 0) is 30.4 Å². The van der Waals surface area contributed by atoms with E-state index in [1.807, 2.05) is 18.2 Å². The third-order valence-corrected chi connectivity index (χ3v) is 3.39. The van der Waals surface area contributed by atoms with Crippen LogP contribution in [0.15, 0.2) is 24.3 Å². The Bertz CT molecular complexity index is 398. The first-order valence-electron chi connectivity index (χ1n) is 5.89. The molecule has 2 amide bonds. The van der Waals surface area contributed by atoms with E-state index in [1.54, 1.807) is 12.0 Å². The molecule has 1 heterocycles. The Kier molecular flexibility index (Phi) is 3.52. The topological polar surface area (TPSA) is 55.6 Å². The van der Waals surface area contributed by atoms with Gasteiger partial charge in [-0.1, -0.05) is 18.2 Å². The number of rotatable bonds is 2. The first-order valence-corrected chi connectivity index (χ1v) is 5.89. The molecule has 0 bridgehead atoms. The van der Waals surface area contributed by atoms with Gasteiger partial charge in [0.05, 0.1) is 7.11 Å². The molecular formula is C13H18N2O2. The van der Waals surface area contributed by atoms with Gasteiger partial charge in [0.15, 0.2) is 0 Å². The average Bonchev–Trinajstić information content (AvgIpc) is 2.39. The molecule has 1 aliphatic heterocycles. The van der Waals surface area contributed by atoms with Crippen LogP contribution in [-0.4, -0.2) is 31.1 Å². The molecule has 0 spiro atoms. The third-order valence-electron chi connectivity index (χ3n) is 3.39. The Hall–Kier alpha value is -1.71. The standard InChI is InChI=1S/C13H18N2O2/c1-17-12-5-3-2-4-11(12)10-6-8-15(9-7-10)13(14)16/h2-5,10H,6-9H2,1H3,(H2,14,16). The fourth-order valence-electron chi connectivity index (χ4n) is 2.41. The Labute approximate surface area is 101 Å². The van der Waals surface area contributed by atoms with Gasteiger partial charge in [-0.25, -0.2) is 4.79 Å². The van der Waals surface area contributed by atoms with Gasteiger partial charge in [0.25, 0.3) is 0 Å². The number of hydrogen-bond acceptors (Lipinski definition) is 2. The summed E-state index contributed by atoms with van der Waals surface area (Å²) in [7, 11) is 1.69. The first-order chi connectivity index (χ1) is 8.22. The number of nitrogens with zero attached hydrogens (tertiary/aromatic N) is 1. The fraction of sp³-hybridized carbons (Fsp3) is 0.462. The molecule has 1 aromatic carbocycles. The Balaban J connectivity index is 2.07. The van der Waals surface area contributed by atoms with Gasteiger partial charge in [0.2, 0.25) is 0 Å². The minimum Gasteiger partial charge on any atom is -0.496 e. The number of piperidine rings is 1. The highest BCUT2D eigenvalue weighted by atomic mass is 16.5. The van der Waals surface area contributed by atoms with Crippen LogP contribution in [0.1, 0.15) is 24.3 Å². The van der Waals surface area contributed by atoms with Crippen molar-refractivity contribution in [3.63, 3.8) is 0 Å². The second kappa shape index (κ2) is 5.08. The predicted molar refractivity (Wildman–Crippen MR) is 66.1 cm³/mol. The zero-order chi connectivity index (χ0) is 12.3. The van der Waals surface area contributed by atoms with Crippen LogP contribution in [-0.2, 0) is 0 Å². The van der Waals surface area contributed by atoms with E-state index in [0.717, 1.165) is 31.7 Å². The second-order valence-corrected chi connectivity index (χ2v) is 4.34. The fourth-order valence-corrected chi connectivity index (χ4v) is 2.41. The van der Waals surface area contributed by atoms with Crippen molar-refractivity contribution in [1.82, 2.24) is 4.90 Å². The number of methoxy groups -OCH3 is 1. The molecule has 1 aromatic rings. The van der Waals surface area contributed by atoms with Crippen molar-refractivity contribution in [3.8, 4) is 5.75 Å². The number of urea groups is 1. The van der Waals surface area contributed by atoms with E-state index in [4.69, 9.17) is 10.5 Å². The van der Waals surface area contributed by atoms with E-state index >= 15 is 0 Å². The molecule has 0 saturated carbocycles. The van der Waals surface area contributed by atoms with E-state index in [2.05, 4.69) is 6.07 Å². The summed E-state index contributed by atoms with van der Waals surface area (Å²) < 4.78 is 5.37. The minimum absolute atomic E-state index is 0.316. The van der Waals surface area contributed by atoms with Crippen molar-refractivity contribution in [3.05, 3.63) is 29.8 Å². The summed E-state index contributed by atoms with van der Waals surface area (Å²) in [6, 6.07) is 7.77. The maximum Gasteiger partial charge on any atom is 0.314 e. The number of para-hydroxylation sites is 1. The molecule has 92 valence electrons. The smallest absolute Gasteiger partial charge is 0.314 e. The number of likely N-dealkylation sites (tertiary alicyclic amines) is 1. The lowest BCUT2D eigenvalue weighted by Gasteiger charge is -2.31. The maximum absolute atomic E-state index is 11.0. The number of amides is 2. The lowest BCUT2D eigenvalue weighted by molar-refractivity contribution is 0.190. The van der Waals surface area contributed by atoms with Crippen LogP contribution in [0.2, 0.25) is 0 Å². The van der Waals surface area contributed by atoms with Crippen LogP contribution in [0, 0.1) is 0 Å². The van der Waals surface area contributed by atoms with Crippen molar-refractivity contribution in [2.75, 3.05) is 20.2 Å². The van der Waals surface area contributed by atoms with Crippen LogP contribution < -0.4 is 10.5 Å². The predicted octanol–water partition coefficient (Wildman–Crippen LogP) is 1.95. The normalized spacial score (nSPS) is 16.9. The maximum atomic E-state index is 11.0. The Morgan fingerprint density at radius 2 is 2.00 bits per heavy atom. The SMILES string of the molecule is COc1ccccc1C1CCN(C(N)=O)CC1. The molecule has 0 atom stereocenters. The number of carbonyl (C=O) groups is 1. The number of benzene rings is 1. The molecule has 1 aliphatic rings. The number of ether oxygens (including phenoxy) is 1. The molecule has 17 heavy (non-hydrogen) atoms. The monoisotopic (exact) mass is 234 g/mol. The highest BCUT2D eigenvalue weighted by Gasteiger charge is 2.24. The number of carbonyl (C=O) groups excluding carboxylic acids is 1. The minimum atomic E-state index is -0.316.